The first-order chi connectivity index (χ1) is 9.59. The molecule has 1 aromatic carbocycles. The van der Waals surface area contributed by atoms with Crippen LogP contribution in [0.1, 0.15) is 28.6 Å². The molecule has 0 amide bonds. The highest BCUT2D eigenvalue weighted by Crippen LogP contribution is 2.29. The van der Waals surface area contributed by atoms with E-state index in [4.69, 9.17) is 5.73 Å². The number of hydrogen-bond donors (Lipinski definition) is 1. The molecule has 1 atom stereocenters. The molecule has 0 saturated carbocycles. The zero-order chi connectivity index (χ0) is 14.3. The summed E-state index contributed by atoms with van der Waals surface area (Å²) in [6, 6.07) is 8.01. The number of benzene rings is 1. The third-order valence-electron chi connectivity index (χ3n) is 3.93. The number of fused-ring (bicyclic) bond motifs is 1. The van der Waals surface area contributed by atoms with Gasteiger partial charge in [-0.2, -0.15) is 5.10 Å². The smallest absolute Gasteiger partial charge is 0.0647 e. The maximum Gasteiger partial charge on any atom is 0.0647 e. The number of nitrogens with zero attached hydrogens (tertiary/aromatic N) is 3. The normalized spacial score (nSPS) is 12.8. The van der Waals surface area contributed by atoms with E-state index in [1.807, 2.05) is 37.0 Å². The second-order valence-corrected chi connectivity index (χ2v) is 5.13. The number of hydrogen-bond acceptors (Lipinski definition) is 3. The number of rotatable bonds is 2. The van der Waals surface area contributed by atoms with Gasteiger partial charge in [-0.3, -0.25) is 9.67 Å². The Bertz CT molecular complexity index is 768. The average molecular weight is 266 g/mol. The van der Waals surface area contributed by atoms with Gasteiger partial charge in [0.05, 0.1) is 11.7 Å². The van der Waals surface area contributed by atoms with Gasteiger partial charge in [0.15, 0.2) is 0 Å². The van der Waals surface area contributed by atoms with Crippen LogP contribution in [0.3, 0.4) is 0 Å². The molecule has 0 aliphatic carbocycles. The van der Waals surface area contributed by atoms with Crippen molar-refractivity contribution in [2.24, 2.45) is 12.8 Å². The van der Waals surface area contributed by atoms with Crippen LogP contribution in [0.25, 0.3) is 10.8 Å². The van der Waals surface area contributed by atoms with Gasteiger partial charge >= 0.3 is 0 Å². The molecule has 2 N–H and O–H groups in total. The third kappa shape index (κ3) is 1.89. The van der Waals surface area contributed by atoms with Gasteiger partial charge in [-0.1, -0.05) is 18.2 Å². The first kappa shape index (κ1) is 12.8. The van der Waals surface area contributed by atoms with Crippen molar-refractivity contribution < 1.29 is 0 Å². The first-order valence-electron chi connectivity index (χ1n) is 6.68. The zero-order valence-electron chi connectivity index (χ0n) is 12.0. The Kier molecular flexibility index (Phi) is 3.03. The molecule has 0 aliphatic rings. The van der Waals surface area contributed by atoms with E-state index in [0.29, 0.717) is 0 Å². The molecule has 0 saturated heterocycles. The van der Waals surface area contributed by atoms with Crippen molar-refractivity contribution in [2.75, 3.05) is 0 Å². The highest BCUT2D eigenvalue weighted by molar-refractivity contribution is 5.85. The van der Waals surface area contributed by atoms with E-state index in [2.05, 4.69) is 29.1 Å². The summed E-state index contributed by atoms with van der Waals surface area (Å²) in [6.07, 6.45) is 3.68. The van der Waals surface area contributed by atoms with Crippen molar-refractivity contribution in [3.8, 4) is 0 Å². The molecule has 0 radical (unpaired) electrons. The van der Waals surface area contributed by atoms with Gasteiger partial charge in [0, 0.05) is 36.1 Å². The van der Waals surface area contributed by atoms with Crippen LogP contribution in [0.15, 0.2) is 36.7 Å². The summed E-state index contributed by atoms with van der Waals surface area (Å²) < 4.78 is 1.88. The Morgan fingerprint density at radius 3 is 2.70 bits per heavy atom. The summed E-state index contributed by atoms with van der Waals surface area (Å²) in [5.41, 5.74) is 10.8. The van der Waals surface area contributed by atoms with Crippen molar-refractivity contribution in [2.45, 2.75) is 19.9 Å². The van der Waals surface area contributed by atoms with Crippen LogP contribution in [0, 0.1) is 13.8 Å². The molecule has 0 spiro atoms. The van der Waals surface area contributed by atoms with Gasteiger partial charge in [-0.25, -0.2) is 0 Å². The van der Waals surface area contributed by atoms with Crippen LogP contribution in [0.2, 0.25) is 0 Å². The molecule has 1 unspecified atom stereocenters. The van der Waals surface area contributed by atoms with E-state index in [9.17, 15) is 0 Å². The highest BCUT2D eigenvalue weighted by Gasteiger charge is 2.19. The van der Waals surface area contributed by atoms with E-state index < -0.39 is 0 Å². The van der Waals surface area contributed by atoms with Gasteiger partial charge in [-0.05, 0) is 30.9 Å². The minimum atomic E-state index is -0.184. The summed E-state index contributed by atoms with van der Waals surface area (Å²) in [6.45, 7) is 4.06. The van der Waals surface area contributed by atoms with Crippen LogP contribution in [-0.2, 0) is 7.05 Å². The van der Waals surface area contributed by atoms with Crippen molar-refractivity contribution in [3.05, 3.63) is 59.2 Å². The van der Waals surface area contributed by atoms with E-state index in [-0.39, 0.29) is 6.04 Å². The summed E-state index contributed by atoms with van der Waals surface area (Å²) in [4.78, 5) is 4.22. The van der Waals surface area contributed by atoms with Gasteiger partial charge in [0.1, 0.15) is 0 Å². The zero-order valence-corrected chi connectivity index (χ0v) is 12.0. The number of aryl methyl sites for hydroxylation is 2. The maximum atomic E-state index is 6.52. The largest absolute Gasteiger partial charge is 0.320 e. The maximum absolute atomic E-state index is 6.52. The molecule has 20 heavy (non-hydrogen) atoms. The Morgan fingerprint density at radius 1 is 1.20 bits per heavy atom. The minimum Gasteiger partial charge on any atom is -0.320 e. The Morgan fingerprint density at radius 2 is 2.00 bits per heavy atom. The van der Waals surface area contributed by atoms with E-state index >= 15 is 0 Å². The molecular formula is C16H18N4. The molecule has 2 aromatic heterocycles. The van der Waals surface area contributed by atoms with Crippen LogP contribution in [0.5, 0.6) is 0 Å². The van der Waals surface area contributed by atoms with Crippen LogP contribution < -0.4 is 5.73 Å². The van der Waals surface area contributed by atoms with Crippen molar-refractivity contribution in [3.63, 3.8) is 0 Å². The topological polar surface area (TPSA) is 56.7 Å². The summed E-state index contributed by atoms with van der Waals surface area (Å²) in [5, 5.41) is 6.72. The van der Waals surface area contributed by atoms with Crippen LogP contribution >= 0.6 is 0 Å². The summed E-state index contributed by atoms with van der Waals surface area (Å²) in [5.74, 6) is 0. The van der Waals surface area contributed by atoms with Crippen molar-refractivity contribution >= 4 is 10.8 Å². The molecule has 3 aromatic rings. The quantitative estimate of drug-likeness (QED) is 0.775. The predicted molar refractivity (Wildman–Crippen MR) is 80.5 cm³/mol. The fourth-order valence-electron chi connectivity index (χ4n) is 2.80. The number of pyridine rings is 1. The van der Waals surface area contributed by atoms with Gasteiger partial charge in [-0.15, -0.1) is 0 Å². The molecule has 0 bridgehead atoms. The molecule has 0 fully saturated rings. The van der Waals surface area contributed by atoms with Crippen LogP contribution in [0.4, 0.5) is 0 Å². The molecule has 102 valence electrons. The molecule has 4 heteroatoms. The van der Waals surface area contributed by atoms with Gasteiger partial charge in [0.25, 0.3) is 0 Å². The lowest BCUT2D eigenvalue weighted by Gasteiger charge is -2.15. The summed E-state index contributed by atoms with van der Waals surface area (Å²) in [7, 11) is 1.95. The fraction of sp³-hybridized carbons (Fsp3) is 0.250. The third-order valence-corrected chi connectivity index (χ3v) is 3.93. The molecule has 3 rings (SSSR count). The summed E-state index contributed by atoms with van der Waals surface area (Å²) >= 11 is 0. The minimum absolute atomic E-state index is 0.184. The van der Waals surface area contributed by atoms with Crippen LogP contribution in [-0.4, -0.2) is 14.8 Å². The Hall–Kier alpha value is -2.20. The molecule has 0 aliphatic heterocycles. The molecule has 4 nitrogen and oxygen atoms in total. The predicted octanol–water partition coefficient (Wildman–Crippen LogP) is 2.63. The lowest BCUT2D eigenvalue weighted by atomic mass is 9.94. The number of aromatic nitrogens is 3. The SMILES string of the molecule is Cc1nn(C)c(C)c1C(N)c1cccc2ccncc12. The Labute approximate surface area is 118 Å². The highest BCUT2D eigenvalue weighted by atomic mass is 15.3. The second kappa shape index (κ2) is 4.72. The van der Waals surface area contributed by atoms with Crippen molar-refractivity contribution in [1.29, 1.82) is 0 Å². The van der Waals surface area contributed by atoms with E-state index in [0.717, 1.165) is 33.3 Å². The van der Waals surface area contributed by atoms with Gasteiger partial charge < -0.3 is 5.73 Å². The average Bonchev–Trinajstić information content (AvgIpc) is 2.71. The van der Waals surface area contributed by atoms with Crippen molar-refractivity contribution in [1.82, 2.24) is 14.8 Å². The fourth-order valence-corrected chi connectivity index (χ4v) is 2.80. The van der Waals surface area contributed by atoms with E-state index in [1.165, 1.54) is 0 Å². The lowest BCUT2D eigenvalue weighted by Crippen LogP contribution is -2.14. The lowest BCUT2D eigenvalue weighted by molar-refractivity contribution is 0.728. The monoisotopic (exact) mass is 266 g/mol. The number of nitrogens with two attached hydrogens (primary N) is 1. The second-order valence-electron chi connectivity index (χ2n) is 5.13. The standard InChI is InChI=1S/C16H18N4/c1-10-15(11(2)20(3)19-10)16(17)13-6-4-5-12-7-8-18-9-14(12)13/h4-9,16H,17H2,1-3H3. The molecular weight excluding hydrogens is 248 g/mol. The van der Waals surface area contributed by atoms with Gasteiger partial charge in [0.2, 0.25) is 0 Å². The molecule has 2 heterocycles. The Balaban J connectivity index is 2.20. The van der Waals surface area contributed by atoms with E-state index in [1.54, 1.807) is 6.20 Å². The first-order valence-corrected chi connectivity index (χ1v) is 6.68.